The first-order valence-electron chi connectivity index (χ1n) is 19.7. The molecule has 0 aliphatic carbocycles. The van der Waals surface area contributed by atoms with Gasteiger partial charge in [0.2, 0.25) is 0 Å². The molecule has 0 heterocycles. The summed E-state index contributed by atoms with van der Waals surface area (Å²) in [4.78, 5) is 0. The van der Waals surface area contributed by atoms with E-state index >= 15 is 0 Å². The molecule has 1 unspecified atom stereocenters. The van der Waals surface area contributed by atoms with Crippen LogP contribution in [0.15, 0.2) is 0 Å². The van der Waals surface area contributed by atoms with Crippen molar-refractivity contribution in [1.82, 2.24) is 0 Å². The van der Waals surface area contributed by atoms with Crippen molar-refractivity contribution in [1.29, 1.82) is 0 Å². The average molecular weight is 648 g/mol. The van der Waals surface area contributed by atoms with Gasteiger partial charge in [0.15, 0.2) is 0 Å². The highest BCUT2D eigenvalue weighted by Gasteiger charge is 2.37. The Morgan fingerprint density at radius 1 is 0.395 bits per heavy atom. The lowest BCUT2D eigenvalue weighted by molar-refractivity contribution is -0.220. The predicted molar refractivity (Wildman–Crippen MR) is 196 cm³/mol. The zero-order valence-electron chi connectivity index (χ0n) is 30.0. The van der Waals surface area contributed by atoms with Gasteiger partial charge in [0.25, 0.3) is 5.25 Å². The molecule has 260 valence electrons. The topological polar surface area (TPSA) is 27.7 Å². The number of halogens is 1. The smallest absolute Gasteiger partial charge is 0.271 e. The van der Waals surface area contributed by atoms with Crippen LogP contribution in [0.5, 0.6) is 0 Å². The normalized spacial score (nSPS) is 12.8. The molecule has 0 aliphatic heterocycles. The molecule has 0 radical (unpaired) electrons. The maximum absolute atomic E-state index is 7.03. The van der Waals surface area contributed by atoms with E-state index in [1.807, 2.05) is 0 Å². The van der Waals surface area contributed by atoms with Crippen LogP contribution in [0.25, 0.3) is 0 Å². The minimum atomic E-state index is -1.11. The monoisotopic (exact) mass is 647 g/mol. The highest BCUT2D eigenvalue weighted by atomic mass is 35.5. The number of unbranched alkanes of at least 4 members (excludes halogenated alkanes) is 27. The van der Waals surface area contributed by atoms with Crippen molar-refractivity contribution in [2.24, 2.45) is 0 Å². The van der Waals surface area contributed by atoms with Crippen molar-refractivity contribution in [3.05, 3.63) is 0 Å². The molecule has 0 amide bonds. The van der Waals surface area contributed by atoms with E-state index in [-0.39, 0.29) is 5.73 Å². The summed E-state index contributed by atoms with van der Waals surface area (Å²) >= 11 is 7.03. The summed E-state index contributed by atoms with van der Waals surface area (Å²) in [5, 5.41) is -1.11. The fraction of sp³-hybridized carbons (Fsp3) is 1.00. The summed E-state index contributed by atoms with van der Waals surface area (Å²) in [6, 6.07) is 0. The van der Waals surface area contributed by atoms with E-state index < -0.39 is 5.25 Å². The van der Waals surface area contributed by atoms with Crippen LogP contribution in [0.2, 0.25) is 0 Å². The Balaban J connectivity index is 4.23. The molecule has 43 heavy (non-hydrogen) atoms. The molecule has 0 fully saturated rings. The molecule has 0 aromatic carbocycles. The second-order valence-electron chi connectivity index (χ2n) is 13.3. The predicted octanol–water partition coefficient (Wildman–Crippen LogP) is 12.4. The first-order valence-corrected chi connectivity index (χ1v) is 21.2. The third-order valence-electron chi connectivity index (χ3n) is 8.94. The van der Waals surface area contributed by atoms with E-state index in [1.54, 1.807) is 0 Å². The Hall–Kier alpha value is 0.387. The number of rotatable bonds is 37. The van der Waals surface area contributed by atoms with Gasteiger partial charge in [-0.3, -0.25) is 0 Å². The SMILES string of the molecule is CCCCCCCCCCCCOC([SiH3])C(Cl)(OCCCCCCCCCCCC)OCCCCCCCCCCCC. The molecule has 0 bridgehead atoms. The number of ether oxygens (including phenoxy) is 3. The fourth-order valence-corrected chi connectivity index (χ4v) is 6.61. The molecule has 0 N–H and O–H groups in total. The van der Waals surface area contributed by atoms with Gasteiger partial charge in [-0.05, 0) is 19.3 Å². The largest absolute Gasteiger partial charge is 0.376 e. The van der Waals surface area contributed by atoms with E-state index in [1.165, 1.54) is 173 Å². The van der Waals surface area contributed by atoms with Gasteiger partial charge in [0.1, 0.15) is 5.73 Å². The Kier molecular flexibility index (Phi) is 35.6. The van der Waals surface area contributed by atoms with E-state index in [0.717, 1.165) is 36.1 Å². The zero-order valence-corrected chi connectivity index (χ0v) is 32.8. The molecule has 5 heteroatoms. The number of hydrogen-bond donors (Lipinski definition) is 0. The lowest BCUT2D eigenvalue weighted by Gasteiger charge is -2.33. The van der Waals surface area contributed by atoms with Gasteiger partial charge in [0.05, 0.1) is 13.2 Å². The second kappa shape index (κ2) is 35.2. The average Bonchev–Trinajstić information content (AvgIpc) is 3.01. The maximum Gasteiger partial charge on any atom is 0.271 e. The number of alkyl halides is 1. The lowest BCUT2D eigenvalue weighted by Crippen LogP contribution is -2.45. The van der Waals surface area contributed by atoms with Gasteiger partial charge in [-0.1, -0.05) is 206 Å². The van der Waals surface area contributed by atoms with Crippen LogP contribution < -0.4 is 0 Å². The van der Waals surface area contributed by atoms with Crippen LogP contribution in [0.1, 0.15) is 213 Å². The van der Waals surface area contributed by atoms with Crippen molar-refractivity contribution in [2.75, 3.05) is 19.8 Å². The third-order valence-corrected chi connectivity index (χ3v) is 10.9. The van der Waals surface area contributed by atoms with Crippen LogP contribution in [-0.4, -0.2) is 41.0 Å². The Bertz CT molecular complexity index is 495. The second-order valence-corrected chi connectivity index (χ2v) is 14.9. The fourth-order valence-electron chi connectivity index (χ4n) is 5.83. The van der Waals surface area contributed by atoms with Gasteiger partial charge in [-0.2, -0.15) is 0 Å². The molecule has 0 aliphatic rings. The molecule has 0 aromatic rings. The highest BCUT2D eigenvalue weighted by molar-refractivity contribution is 6.27. The van der Waals surface area contributed by atoms with Crippen LogP contribution in [0.4, 0.5) is 0 Å². The van der Waals surface area contributed by atoms with Crippen molar-refractivity contribution in [3.63, 3.8) is 0 Å². The van der Waals surface area contributed by atoms with Crippen LogP contribution in [-0.2, 0) is 14.2 Å². The molecular weight excluding hydrogens is 568 g/mol. The Labute approximate surface area is 279 Å². The molecule has 3 nitrogen and oxygen atoms in total. The summed E-state index contributed by atoms with van der Waals surface area (Å²) in [6.45, 7) is 8.96. The highest BCUT2D eigenvalue weighted by Crippen LogP contribution is 2.27. The van der Waals surface area contributed by atoms with Crippen LogP contribution >= 0.6 is 11.6 Å². The summed E-state index contributed by atoms with van der Waals surface area (Å²) in [5.74, 6) is 0. The first kappa shape index (κ1) is 43.4. The van der Waals surface area contributed by atoms with Crippen molar-refractivity contribution in [3.8, 4) is 0 Å². The van der Waals surface area contributed by atoms with E-state index in [4.69, 9.17) is 25.8 Å². The van der Waals surface area contributed by atoms with E-state index in [2.05, 4.69) is 20.8 Å². The summed E-state index contributed by atoms with van der Waals surface area (Å²) in [7, 11) is 0.806. The van der Waals surface area contributed by atoms with Crippen molar-refractivity contribution < 1.29 is 14.2 Å². The molecule has 0 spiro atoms. The van der Waals surface area contributed by atoms with E-state index in [0.29, 0.717) is 13.2 Å². The number of hydrogen-bond acceptors (Lipinski definition) is 3. The van der Waals surface area contributed by atoms with E-state index in [9.17, 15) is 0 Å². The minimum Gasteiger partial charge on any atom is -0.376 e. The third kappa shape index (κ3) is 30.8. The molecular formula is C38H79ClO3Si. The maximum atomic E-state index is 7.03. The van der Waals surface area contributed by atoms with Gasteiger partial charge in [-0.25, -0.2) is 0 Å². The molecule has 0 rings (SSSR count). The summed E-state index contributed by atoms with van der Waals surface area (Å²) in [6.07, 6.45) is 39.8. The van der Waals surface area contributed by atoms with Gasteiger partial charge in [-0.15, -0.1) is 0 Å². The lowest BCUT2D eigenvalue weighted by atomic mass is 10.1. The quantitative estimate of drug-likeness (QED) is 0.0291. The standard InChI is InChI=1S/C38H79ClO3Si/c1-4-7-10-13-16-19-22-25-28-31-34-40-37(43)38(39,41-35-32-29-26-23-20-17-14-11-8-5-2)42-36-33-30-27-24-21-18-15-12-9-6-3/h37H,4-36H2,1-3,43H3. The van der Waals surface area contributed by atoms with Gasteiger partial charge < -0.3 is 14.2 Å². The molecule has 1 atom stereocenters. The Morgan fingerprint density at radius 2 is 0.628 bits per heavy atom. The minimum absolute atomic E-state index is 0.140. The van der Waals surface area contributed by atoms with Crippen LogP contribution in [0, 0.1) is 0 Å². The molecule has 0 saturated heterocycles. The Morgan fingerprint density at radius 3 is 0.907 bits per heavy atom. The van der Waals surface area contributed by atoms with Crippen molar-refractivity contribution >= 4 is 21.8 Å². The first-order chi connectivity index (χ1) is 21.1. The molecule has 0 aromatic heterocycles. The summed E-state index contributed by atoms with van der Waals surface area (Å²) < 4.78 is 18.8. The van der Waals surface area contributed by atoms with Gasteiger partial charge >= 0.3 is 0 Å². The van der Waals surface area contributed by atoms with Gasteiger partial charge in [0, 0.05) is 16.8 Å². The molecule has 0 saturated carbocycles. The summed E-state index contributed by atoms with van der Waals surface area (Å²) in [5.41, 5.74) is -0.140. The zero-order chi connectivity index (χ0) is 31.5. The van der Waals surface area contributed by atoms with Crippen molar-refractivity contribution in [2.45, 2.75) is 224 Å². The van der Waals surface area contributed by atoms with Crippen LogP contribution in [0.3, 0.4) is 0 Å².